The molecular formula is C12H14N4O. The molecule has 1 atom stereocenters. The van der Waals surface area contributed by atoms with E-state index < -0.39 is 0 Å². The molecule has 17 heavy (non-hydrogen) atoms. The van der Waals surface area contributed by atoms with Crippen LogP contribution in [-0.4, -0.2) is 21.1 Å². The fraction of sp³-hybridized carbons (Fsp3) is 0.250. The van der Waals surface area contributed by atoms with E-state index in [1.165, 1.54) is 0 Å². The molecule has 0 aliphatic carbocycles. The number of carbonyl (C=O) groups excluding carboxylic acids is 1. The van der Waals surface area contributed by atoms with Crippen LogP contribution in [0.4, 0.5) is 0 Å². The summed E-state index contributed by atoms with van der Waals surface area (Å²) in [4.78, 5) is 15.8. The van der Waals surface area contributed by atoms with Gasteiger partial charge in [0.05, 0.1) is 12.2 Å². The van der Waals surface area contributed by atoms with Gasteiger partial charge in [-0.2, -0.15) is 5.10 Å². The van der Waals surface area contributed by atoms with Gasteiger partial charge in [0, 0.05) is 29.7 Å². The van der Waals surface area contributed by atoms with E-state index in [0.29, 0.717) is 5.56 Å². The van der Waals surface area contributed by atoms with Crippen molar-refractivity contribution >= 4 is 5.91 Å². The Hall–Kier alpha value is -2.17. The van der Waals surface area contributed by atoms with Gasteiger partial charge in [-0.1, -0.05) is 6.92 Å². The second-order valence-electron chi connectivity index (χ2n) is 3.70. The van der Waals surface area contributed by atoms with E-state index in [-0.39, 0.29) is 11.9 Å². The molecule has 0 unspecified atom stereocenters. The molecule has 2 aromatic rings. The molecular weight excluding hydrogens is 216 g/mol. The van der Waals surface area contributed by atoms with Gasteiger partial charge in [0.25, 0.3) is 5.91 Å². The Morgan fingerprint density at radius 1 is 1.47 bits per heavy atom. The normalized spacial score (nSPS) is 12.1. The summed E-state index contributed by atoms with van der Waals surface area (Å²) in [5.74, 6) is -0.0968. The number of aromatic amines is 1. The van der Waals surface area contributed by atoms with Crippen LogP contribution in [-0.2, 0) is 0 Å². The Morgan fingerprint density at radius 2 is 2.24 bits per heavy atom. The number of hydrogen-bond acceptors (Lipinski definition) is 3. The summed E-state index contributed by atoms with van der Waals surface area (Å²) in [6, 6.07) is 3.36. The van der Waals surface area contributed by atoms with Gasteiger partial charge in [-0.25, -0.2) is 0 Å². The molecule has 2 rings (SSSR count). The van der Waals surface area contributed by atoms with Gasteiger partial charge in [-0.05, 0) is 18.6 Å². The van der Waals surface area contributed by atoms with E-state index in [1.54, 1.807) is 36.9 Å². The highest BCUT2D eigenvalue weighted by Gasteiger charge is 2.14. The monoisotopic (exact) mass is 230 g/mol. The Balaban J connectivity index is 2.08. The zero-order chi connectivity index (χ0) is 12.1. The molecule has 0 saturated heterocycles. The van der Waals surface area contributed by atoms with Crippen LogP contribution in [0.15, 0.2) is 36.9 Å². The van der Waals surface area contributed by atoms with Gasteiger partial charge in [0.15, 0.2) is 0 Å². The van der Waals surface area contributed by atoms with Crippen LogP contribution >= 0.6 is 0 Å². The van der Waals surface area contributed by atoms with Gasteiger partial charge < -0.3 is 5.32 Å². The summed E-state index contributed by atoms with van der Waals surface area (Å²) < 4.78 is 0. The highest BCUT2D eigenvalue weighted by Crippen LogP contribution is 2.15. The number of rotatable bonds is 4. The number of aromatic nitrogens is 3. The summed E-state index contributed by atoms with van der Waals surface area (Å²) in [7, 11) is 0. The van der Waals surface area contributed by atoms with Crippen LogP contribution < -0.4 is 5.32 Å². The smallest absolute Gasteiger partial charge is 0.251 e. The summed E-state index contributed by atoms with van der Waals surface area (Å²) in [6.07, 6.45) is 7.54. The van der Waals surface area contributed by atoms with Crippen molar-refractivity contribution in [2.24, 2.45) is 0 Å². The summed E-state index contributed by atoms with van der Waals surface area (Å²) >= 11 is 0. The number of nitrogens with one attached hydrogen (secondary N) is 2. The number of hydrogen-bond donors (Lipinski definition) is 2. The Morgan fingerprint density at radius 3 is 2.82 bits per heavy atom. The second-order valence-corrected chi connectivity index (χ2v) is 3.70. The summed E-state index contributed by atoms with van der Waals surface area (Å²) in [5, 5.41) is 9.59. The molecule has 2 heterocycles. The van der Waals surface area contributed by atoms with Crippen molar-refractivity contribution in [1.82, 2.24) is 20.5 Å². The minimum absolute atomic E-state index is 0.0191. The van der Waals surface area contributed by atoms with Crippen molar-refractivity contribution in [3.05, 3.63) is 48.0 Å². The van der Waals surface area contributed by atoms with Crippen LogP contribution in [0.5, 0.6) is 0 Å². The lowest BCUT2D eigenvalue weighted by atomic mass is 10.1. The Labute approximate surface area is 99.3 Å². The third kappa shape index (κ3) is 2.69. The third-order valence-corrected chi connectivity index (χ3v) is 2.58. The highest BCUT2D eigenvalue weighted by molar-refractivity contribution is 5.94. The molecule has 5 nitrogen and oxygen atoms in total. The predicted octanol–water partition coefficient (Wildman–Crippen LogP) is 1.69. The number of H-pyrrole nitrogens is 1. The maximum Gasteiger partial charge on any atom is 0.251 e. The molecule has 0 bridgehead atoms. The number of nitrogens with zero attached hydrogens (tertiary/aromatic N) is 2. The predicted molar refractivity (Wildman–Crippen MR) is 63.3 cm³/mol. The molecule has 0 saturated carbocycles. The highest BCUT2D eigenvalue weighted by atomic mass is 16.1. The molecule has 2 aromatic heterocycles. The van der Waals surface area contributed by atoms with Gasteiger partial charge in [-0.3, -0.25) is 14.9 Å². The molecule has 5 heteroatoms. The molecule has 0 radical (unpaired) electrons. The fourth-order valence-corrected chi connectivity index (χ4v) is 1.62. The van der Waals surface area contributed by atoms with E-state index >= 15 is 0 Å². The topological polar surface area (TPSA) is 70.7 Å². The summed E-state index contributed by atoms with van der Waals surface area (Å²) in [5.41, 5.74) is 1.59. The lowest BCUT2D eigenvalue weighted by Gasteiger charge is -2.15. The zero-order valence-corrected chi connectivity index (χ0v) is 9.55. The molecule has 88 valence electrons. The second kappa shape index (κ2) is 5.25. The SMILES string of the molecule is CC[C@@H](NC(=O)c1ccncc1)c1cn[nH]c1. The molecule has 1 amide bonds. The van der Waals surface area contributed by atoms with E-state index in [4.69, 9.17) is 0 Å². The molecule has 0 aliphatic heterocycles. The molecule has 2 N–H and O–H groups in total. The Bertz CT molecular complexity index is 467. The first-order valence-corrected chi connectivity index (χ1v) is 5.51. The molecule has 0 fully saturated rings. The van der Waals surface area contributed by atoms with Crippen molar-refractivity contribution in [3.63, 3.8) is 0 Å². The third-order valence-electron chi connectivity index (χ3n) is 2.58. The lowest BCUT2D eigenvalue weighted by molar-refractivity contribution is 0.0935. The van der Waals surface area contributed by atoms with Crippen molar-refractivity contribution < 1.29 is 4.79 Å². The van der Waals surface area contributed by atoms with Crippen LogP contribution in [0.3, 0.4) is 0 Å². The number of amides is 1. The van der Waals surface area contributed by atoms with Crippen LogP contribution in [0.2, 0.25) is 0 Å². The maximum absolute atomic E-state index is 11.9. The van der Waals surface area contributed by atoms with Crippen LogP contribution in [0.25, 0.3) is 0 Å². The maximum atomic E-state index is 11.9. The van der Waals surface area contributed by atoms with Crippen molar-refractivity contribution in [2.75, 3.05) is 0 Å². The van der Waals surface area contributed by atoms with Crippen LogP contribution in [0.1, 0.15) is 35.3 Å². The van der Waals surface area contributed by atoms with E-state index in [1.807, 2.05) is 6.92 Å². The fourth-order valence-electron chi connectivity index (χ4n) is 1.62. The standard InChI is InChI=1S/C12H14N4O/c1-2-11(10-7-14-15-8-10)16-12(17)9-3-5-13-6-4-9/h3-8,11H,2H2,1H3,(H,14,15)(H,16,17)/t11-/m1/s1. The molecule has 0 aliphatic rings. The molecule has 0 aromatic carbocycles. The average Bonchev–Trinajstić information content (AvgIpc) is 2.90. The average molecular weight is 230 g/mol. The van der Waals surface area contributed by atoms with E-state index in [0.717, 1.165) is 12.0 Å². The quantitative estimate of drug-likeness (QED) is 0.839. The van der Waals surface area contributed by atoms with Crippen LogP contribution in [0, 0.1) is 0 Å². The first-order chi connectivity index (χ1) is 8.31. The number of pyridine rings is 1. The number of carbonyl (C=O) groups is 1. The van der Waals surface area contributed by atoms with E-state index in [9.17, 15) is 4.79 Å². The minimum atomic E-state index is -0.0968. The van der Waals surface area contributed by atoms with Gasteiger partial charge >= 0.3 is 0 Å². The van der Waals surface area contributed by atoms with Crippen molar-refractivity contribution in [2.45, 2.75) is 19.4 Å². The van der Waals surface area contributed by atoms with Gasteiger partial charge in [-0.15, -0.1) is 0 Å². The van der Waals surface area contributed by atoms with Gasteiger partial charge in [0.1, 0.15) is 0 Å². The largest absolute Gasteiger partial charge is 0.345 e. The van der Waals surface area contributed by atoms with E-state index in [2.05, 4.69) is 20.5 Å². The van der Waals surface area contributed by atoms with Crippen molar-refractivity contribution in [1.29, 1.82) is 0 Å². The Kier molecular flexibility index (Phi) is 3.49. The first-order valence-electron chi connectivity index (χ1n) is 5.51. The zero-order valence-electron chi connectivity index (χ0n) is 9.55. The van der Waals surface area contributed by atoms with Crippen molar-refractivity contribution in [3.8, 4) is 0 Å². The first kappa shape index (κ1) is 11.3. The van der Waals surface area contributed by atoms with Gasteiger partial charge in [0.2, 0.25) is 0 Å². The summed E-state index contributed by atoms with van der Waals surface area (Å²) in [6.45, 7) is 2.02. The lowest BCUT2D eigenvalue weighted by Crippen LogP contribution is -2.27. The minimum Gasteiger partial charge on any atom is -0.345 e. The molecule has 0 spiro atoms.